The molecule has 0 saturated carbocycles. The van der Waals surface area contributed by atoms with Crippen molar-refractivity contribution in [2.75, 3.05) is 12.3 Å². The van der Waals surface area contributed by atoms with E-state index in [0.29, 0.717) is 24.0 Å². The summed E-state index contributed by atoms with van der Waals surface area (Å²) >= 11 is 0. The summed E-state index contributed by atoms with van der Waals surface area (Å²) in [5.74, 6) is 1.49. The van der Waals surface area contributed by atoms with Crippen LogP contribution in [-0.2, 0) is 14.3 Å². The third kappa shape index (κ3) is 4.50. The Balaban J connectivity index is 1.76. The molecule has 3 heterocycles. The highest BCUT2D eigenvalue weighted by Gasteiger charge is 2.46. The first kappa shape index (κ1) is 21.9. The van der Waals surface area contributed by atoms with Gasteiger partial charge in [-0.2, -0.15) is 0 Å². The van der Waals surface area contributed by atoms with Gasteiger partial charge in [-0.25, -0.2) is 15.0 Å². The van der Waals surface area contributed by atoms with E-state index >= 15 is 0 Å². The first-order valence-corrected chi connectivity index (χ1v) is 9.39. The fourth-order valence-corrected chi connectivity index (χ4v) is 3.48. The summed E-state index contributed by atoms with van der Waals surface area (Å²) in [4.78, 5) is 23.1. The monoisotopic (exact) mass is 419 g/mol. The van der Waals surface area contributed by atoms with Crippen LogP contribution in [0.25, 0.3) is 11.2 Å². The molecular weight excluding hydrogens is 394 g/mol. The third-order valence-electron chi connectivity index (χ3n) is 5.03. The number of carboxylic acids is 1. The maximum atomic E-state index is 10.9. The summed E-state index contributed by atoms with van der Waals surface area (Å²) in [6.07, 6.45) is 5.65. The number of nitrogens with zero attached hydrogens (tertiary/aromatic N) is 4. The Morgan fingerprint density at radius 1 is 1.37 bits per heavy atom. The van der Waals surface area contributed by atoms with E-state index in [1.165, 1.54) is 12.7 Å². The van der Waals surface area contributed by atoms with E-state index in [-0.39, 0.29) is 18.8 Å². The van der Waals surface area contributed by atoms with Gasteiger partial charge in [-0.05, 0) is 19.3 Å². The fraction of sp³-hybridized carbons (Fsp3) is 0.556. The van der Waals surface area contributed by atoms with Crippen LogP contribution in [-0.4, -0.2) is 72.7 Å². The summed E-state index contributed by atoms with van der Waals surface area (Å²) in [6.45, 7) is -0.0206. The SMILES string of the molecule is C#CCO[C@@H]1[C@@H](O)[C@H](n2cnc3c(N)ncnc32)O[C@@H]1C[C@@H](N)CC[C@H](N)C(=O)O. The highest BCUT2D eigenvalue weighted by molar-refractivity contribution is 5.81. The molecule has 0 radical (unpaired) electrons. The highest BCUT2D eigenvalue weighted by Crippen LogP contribution is 2.35. The van der Waals surface area contributed by atoms with Gasteiger partial charge >= 0.3 is 5.97 Å². The van der Waals surface area contributed by atoms with Gasteiger partial charge in [0.1, 0.15) is 36.7 Å². The molecule has 8 N–H and O–H groups in total. The van der Waals surface area contributed by atoms with Gasteiger partial charge in [0.05, 0.1) is 12.4 Å². The number of nitrogen functional groups attached to an aromatic ring is 1. The predicted octanol–water partition coefficient (Wildman–Crippen LogP) is -1.41. The van der Waals surface area contributed by atoms with E-state index in [2.05, 4.69) is 20.9 Å². The van der Waals surface area contributed by atoms with E-state index in [0.717, 1.165) is 0 Å². The number of fused-ring (bicyclic) bond motifs is 1. The van der Waals surface area contributed by atoms with Crippen molar-refractivity contribution in [3.63, 3.8) is 0 Å². The summed E-state index contributed by atoms with van der Waals surface area (Å²) in [6, 6.07) is -1.41. The van der Waals surface area contributed by atoms with Gasteiger partial charge in [-0.15, -0.1) is 6.42 Å². The molecule has 1 fully saturated rings. The normalized spacial score (nSPS) is 25.8. The molecule has 0 aliphatic carbocycles. The zero-order valence-corrected chi connectivity index (χ0v) is 16.2. The molecule has 0 aromatic carbocycles. The molecule has 0 unspecified atom stereocenters. The van der Waals surface area contributed by atoms with Gasteiger partial charge in [0.15, 0.2) is 17.7 Å². The molecule has 1 aliphatic rings. The average Bonchev–Trinajstić information content (AvgIpc) is 3.26. The van der Waals surface area contributed by atoms with Crippen molar-refractivity contribution in [2.24, 2.45) is 11.5 Å². The Morgan fingerprint density at radius 2 is 2.13 bits per heavy atom. The Kier molecular flexibility index (Phi) is 6.80. The molecule has 162 valence electrons. The van der Waals surface area contributed by atoms with Crippen molar-refractivity contribution < 1.29 is 24.5 Å². The van der Waals surface area contributed by atoms with E-state index < -0.39 is 42.6 Å². The Morgan fingerprint density at radius 3 is 2.83 bits per heavy atom. The van der Waals surface area contributed by atoms with Crippen LogP contribution in [0.2, 0.25) is 0 Å². The smallest absolute Gasteiger partial charge is 0.320 e. The van der Waals surface area contributed by atoms with Crippen LogP contribution in [0.15, 0.2) is 12.7 Å². The number of carbonyl (C=O) groups is 1. The summed E-state index contributed by atoms with van der Waals surface area (Å²) in [5.41, 5.74) is 18.3. The van der Waals surface area contributed by atoms with Gasteiger partial charge in [-0.1, -0.05) is 5.92 Å². The number of aliphatic hydroxyl groups excluding tert-OH is 1. The van der Waals surface area contributed by atoms with Crippen LogP contribution in [0.3, 0.4) is 0 Å². The Bertz CT molecular complexity index is 929. The lowest BCUT2D eigenvalue weighted by Gasteiger charge is -2.22. The van der Waals surface area contributed by atoms with Crippen molar-refractivity contribution in [2.45, 2.75) is 55.9 Å². The number of hydrogen-bond donors (Lipinski definition) is 5. The number of hydrogen-bond acceptors (Lipinski definition) is 10. The molecule has 2 aromatic heterocycles. The minimum Gasteiger partial charge on any atom is -0.480 e. The van der Waals surface area contributed by atoms with Crippen LogP contribution < -0.4 is 17.2 Å². The van der Waals surface area contributed by atoms with E-state index in [4.69, 9.17) is 38.2 Å². The molecule has 1 saturated heterocycles. The molecule has 0 bridgehead atoms. The molecule has 0 amide bonds. The average molecular weight is 419 g/mol. The molecule has 3 rings (SSSR count). The third-order valence-corrected chi connectivity index (χ3v) is 5.03. The molecule has 6 atom stereocenters. The van der Waals surface area contributed by atoms with Crippen molar-refractivity contribution in [3.05, 3.63) is 12.7 Å². The maximum absolute atomic E-state index is 10.9. The maximum Gasteiger partial charge on any atom is 0.320 e. The second-order valence-electron chi connectivity index (χ2n) is 7.14. The van der Waals surface area contributed by atoms with Gasteiger partial charge in [-0.3, -0.25) is 9.36 Å². The number of imidazole rings is 1. The van der Waals surface area contributed by atoms with E-state index in [9.17, 15) is 9.90 Å². The van der Waals surface area contributed by atoms with Crippen molar-refractivity contribution >= 4 is 23.0 Å². The lowest BCUT2D eigenvalue weighted by atomic mass is 9.98. The number of aliphatic carboxylic acids is 1. The van der Waals surface area contributed by atoms with E-state index in [1.54, 1.807) is 4.57 Å². The van der Waals surface area contributed by atoms with Crippen molar-refractivity contribution in [3.8, 4) is 12.3 Å². The highest BCUT2D eigenvalue weighted by atomic mass is 16.6. The minimum atomic E-state index is -1.08. The van der Waals surface area contributed by atoms with E-state index in [1.807, 2.05) is 0 Å². The lowest BCUT2D eigenvalue weighted by molar-refractivity contribution is -0.138. The summed E-state index contributed by atoms with van der Waals surface area (Å²) in [5, 5.41) is 19.8. The zero-order chi connectivity index (χ0) is 21.8. The quantitative estimate of drug-likeness (QED) is 0.299. The molecule has 12 heteroatoms. The van der Waals surface area contributed by atoms with Gasteiger partial charge in [0.2, 0.25) is 0 Å². The zero-order valence-electron chi connectivity index (χ0n) is 16.2. The number of aliphatic hydroxyl groups is 1. The van der Waals surface area contributed by atoms with Crippen molar-refractivity contribution in [1.82, 2.24) is 19.5 Å². The molecular formula is C18H25N7O5. The molecule has 2 aromatic rings. The number of aromatic nitrogens is 4. The lowest BCUT2D eigenvalue weighted by Crippen LogP contribution is -2.39. The Labute approximate surface area is 172 Å². The van der Waals surface area contributed by atoms with Gasteiger partial charge in [0.25, 0.3) is 0 Å². The second kappa shape index (κ2) is 9.33. The summed E-state index contributed by atoms with van der Waals surface area (Å²) in [7, 11) is 0. The fourth-order valence-electron chi connectivity index (χ4n) is 3.48. The number of anilines is 1. The first-order chi connectivity index (χ1) is 14.3. The van der Waals surface area contributed by atoms with Gasteiger partial charge in [0, 0.05) is 6.04 Å². The number of nitrogens with two attached hydrogens (primary N) is 3. The first-order valence-electron chi connectivity index (χ1n) is 9.39. The second-order valence-corrected chi connectivity index (χ2v) is 7.14. The standard InChI is InChI=1S/C18H25N7O5/c1-2-5-29-14-11(6-9(19)3-4-10(20)18(27)28)30-17(13(14)26)25-8-24-12-15(21)22-7-23-16(12)25/h1,7-11,13-14,17,26H,3-6,19-20H2,(H,27,28)(H2,21,22,23)/t9-,10-,11+,13+,14-,17+/m0/s1. The van der Waals surface area contributed by atoms with Crippen molar-refractivity contribution in [1.29, 1.82) is 0 Å². The topological polar surface area (TPSA) is 198 Å². The minimum absolute atomic E-state index is 0.0206. The number of terminal acetylenes is 1. The molecule has 0 spiro atoms. The van der Waals surface area contributed by atoms with Crippen LogP contribution in [0.1, 0.15) is 25.5 Å². The van der Waals surface area contributed by atoms with Crippen LogP contribution in [0.4, 0.5) is 5.82 Å². The van der Waals surface area contributed by atoms with Crippen LogP contribution >= 0.6 is 0 Å². The Hall–Kier alpha value is -2.82. The number of carboxylic acid groups (broad SMARTS) is 1. The predicted molar refractivity (Wildman–Crippen MR) is 106 cm³/mol. The largest absolute Gasteiger partial charge is 0.480 e. The number of ether oxygens (including phenoxy) is 2. The molecule has 1 aliphatic heterocycles. The molecule has 30 heavy (non-hydrogen) atoms. The summed E-state index contributed by atoms with van der Waals surface area (Å²) < 4.78 is 13.2. The molecule has 12 nitrogen and oxygen atoms in total. The van der Waals surface area contributed by atoms with Crippen LogP contribution in [0, 0.1) is 12.3 Å². The number of rotatable bonds is 9. The van der Waals surface area contributed by atoms with Gasteiger partial charge < -0.3 is 36.9 Å². The van der Waals surface area contributed by atoms with Crippen LogP contribution in [0.5, 0.6) is 0 Å².